The Balaban J connectivity index is 2.19. The number of piperazine rings is 1. The molecule has 1 aromatic rings. The maximum Gasteiger partial charge on any atom is 0.211 e. The van der Waals surface area contributed by atoms with Gasteiger partial charge in [0.25, 0.3) is 0 Å². The molecule has 1 aromatic heterocycles. The van der Waals surface area contributed by atoms with Crippen LogP contribution >= 0.6 is 0 Å². The molecule has 2 heterocycles. The van der Waals surface area contributed by atoms with E-state index in [1.165, 1.54) is 16.9 Å². The van der Waals surface area contributed by atoms with E-state index in [9.17, 15) is 8.42 Å². The van der Waals surface area contributed by atoms with Gasteiger partial charge in [0.1, 0.15) is 6.33 Å². The van der Waals surface area contributed by atoms with Crippen LogP contribution in [0.15, 0.2) is 6.33 Å². The molecule has 1 fully saturated rings. The lowest BCUT2D eigenvalue weighted by Crippen LogP contribution is -2.48. The summed E-state index contributed by atoms with van der Waals surface area (Å²) in [4.78, 5) is 10.4. The molecular formula is C11H19N5O3S. The van der Waals surface area contributed by atoms with E-state index in [4.69, 9.17) is 4.74 Å². The van der Waals surface area contributed by atoms with Crippen LogP contribution in [0.3, 0.4) is 0 Å². The molecule has 0 radical (unpaired) electrons. The SMILES string of the molecule is CNc1ncnc(N2CCN(S(C)(=O)=O)CC2)c1OC. The highest BCUT2D eigenvalue weighted by Gasteiger charge is 2.26. The Labute approximate surface area is 118 Å². The number of anilines is 2. The van der Waals surface area contributed by atoms with Gasteiger partial charge in [0.2, 0.25) is 15.8 Å². The van der Waals surface area contributed by atoms with E-state index >= 15 is 0 Å². The molecule has 0 aromatic carbocycles. The van der Waals surface area contributed by atoms with Crippen LogP contribution in [0.1, 0.15) is 0 Å². The molecule has 1 aliphatic heterocycles. The Morgan fingerprint density at radius 2 is 1.90 bits per heavy atom. The number of ether oxygens (including phenoxy) is 1. The minimum atomic E-state index is -3.13. The van der Waals surface area contributed by atoms with Gasteiger partial charge in [0, 0.05) is 33.2 Å². The normalized spacial score (nSPS) is 17.1. The number of methoxy groups -OCH3 is 1. The van der Waals surface area contributed by atoms with Gasteiger partial charge in [-0.1, -0.05) is 0 Å². The summed E-state index contributed by atoms with van der Waals surface area (Å²) in [5, 5.41) is 2.95. The molecule has 1 aliphatic rings. The van der Waals surface area contributed by atoms with Crippen LogP contribution < -0.4 is 15.0 Å². The number of hydrogen-bond donors (Lipinski definition) is 1. The minimum Gasteiger partial charge on any atom is -0.490 e. The van der Waals surface area contributed by atoms with Crippen molar-refractivity contribution in [3.63, 3.8) is 0 Å². The summed E-state index contributed by atoms with van der Waals surface area (Å²) in [7, 11) is 0.196. The van der Waals surface area contributed by atoms with Gasteiger partial charge in [-0.2, -0.15) is 4.31 Å². The maximum atomic E-state index is 11.5. The van der Waals surface area contributed by atoms with E-state index in [1.807, 2.05) is 4.90 Å². The zero-order chi connectivity index (χ0) is 14.8. The summed E-state index contributed by atoms with van der Waals surface area (Å²) < 4.78 is 29.8. The minimum absolute atomic E-state index is 0.445. The first-order valence-electron chi connectivity index (χ1n) is 6.24. The molecule has 0 atom stereocenters. The molecule has 2 rings (SSSR count). The molecule has 0 amide bonds. The van der Waals surface area contributed by atoms with Crippen molar-refractivity contribution in [3.05, 3.63) is 6.33 Å². The van der Waals surface area contributed by atoms with Crippen LogP contribution in [0.25, 0.3) is 0 Å². The van der Waals surface area contributed by atoms with Crippen molar-refractivity contribution < 1.29 is 13.2 Å². The fraction of sp³-hybridized carbons (Fsp3) is 0.636. The molecule has 112 valence electrons. The lowest BCUT2D eigenvalue weighted by molar-refractivity contribution is 0.378. The lowest BCUT2D eigenvalue weighted by atomic mass is 10.3. The van der Waals surface area contributed by atoms with Gasteiger partial charge in [-0.05, 0) is 0 Å². The topological polar surface area (TPSA) is 87.7 Å². The van der Waals surface area contributed by atoms with Crippen molar-refractivity contribution in [3.8, 4) is 5.75 Å². The lowest BCUT2D eigenvalue weighted by Gasteiger charge is -2.34. The Morgan fingerprint density at radius 1 is 1.25 bits per heavy atom. The van der Waals surface area contributed by atoms with Gasteiger partial charge in [-0.15, -0.1) is 0 Å². The summed E-state index contributed by atoms with van der Waals surface area (Å²) in [5.41, 5.74) is 0. The van der Waals surface area contributed by atoms with Crippen molar-refractivity contribution in [1.29, 1.82) is 0 Å². The summed E-state index contributed by atoms with van der Waals surface area (Å²) >= 11 is 0. The van der Waals surface area contributed by atoms with Crippen LogP contribution in [0.4, 0.5) is 11.6 Å². The number of rotatable bonds is 4. The first-order chi connectivity index (χ1) is 9.47. The zero-order valence-electron chi connectivity index (χ0n) is 11.8. The first kappa shape index (κ1) is 14.8. The maximum absolute atomic E-state index is 11.5. The number of aromatic nitrogens is 2. The molecule has 0 unspecified atom stereocenters. The smallest absolute Gasteiger partial charge is 0.211 e. The molecular weight excluding hydrogens is 282 g/mol. The number of hydrogen-bond acceptors (Lipinski definition) is 7. The number of sulfonamides is 1. The molecule has 0 saturated carbocycles. The van der Waals surface area contributed by atoms with Gasteiger partial charge >= 0.3 is 0 Å². The van der Waals surface area contributed by atoms with E-state index in [0.717, 1.165) is 0 Å². The van der Waals surface area contributed by atoms with Crippen molar-refractivity contribution in [2.75, 3.05) is 56.8 Å². The predicted octanol–water partition coefficient (Wildman–Crippen LogP) is -0.391. The largest absolute Gasteiger partial charge is 0.490 e. The average molecular weight is 301 g/mol. The second-order valence-electron chi connectivity index (χ2n) is 4.48. The Morgan fingerprint density at radius 3 is 2.40 bits per heavy atom. The second kappa shape index (κ2) is 5.80. The highest BCUT2D eigenvalue weighted by Crippen LogP contribution is 2.32. The Kier molecular flexibility index (Phi) is 4.29. The summed E-state index contributed by atoms with van der Waals surface area (Å²) in [5.74, 6) is 1.87. The standard InChI is InChI=1S/C11H19N5O3S/c1-12-10-9(19-2)11(14-8-13-10)15-4-6-16(7-5-15)20(3,17)18/h8H,4-7H2,1-3H3,(H,12,13,14). The van der Waals surface area contributed by atoms with Gasteiger partial charge in [0.15, 0.2) is 11.6 Å². The zero-order valence-corrected chi connectivity index (χ0v) is 12.6. The van der Waals surface area contributed by atoms with Crippen molar-refractivity contribution >= 4 is 21.7 Å². The monoisotopic (exact) mass is 301 g/mol. The number of nitrogens with zero attached hydrogens (tertiary/aromatic N) is 4. The molecule has 9 heteroatoms. The second-order valence-corrected chi connectivity index (χ2v) is 6.46. The van der Waals surface area contributed by atoms with E-state index in [1.54, 1.807) is 14.2 Å². The van der Waals surface area contributed by atoms with Crippen molar-refractivity contribution in [1.82, 2.24) is 14.3 Å². The summed E-state index contributed by atoms with van der Waals surface area (Å²) in [6.45, 7) is 2.04. The van der Waals surface area contributed by atoms with E-state index in [0.29, 0.717) is 43.6 Å². The molecule has 20 heavy (non-hydrogen) atoms. The fourth-order valence-corrected chi connectivity index (χ4v) is 3.01. The predicted molar refractivity (Wildman–Crippen MR) is 76.8 cm³/mol. The molecule has 8 nitrogen and oxygen atoms in total. The molecule has 0 aliphatic carbocycles. The van der Waals surface area contributed by atoms with Gasteiger partial charge in [0.05, 0.1) is 13.4 Å². The Bertz CT molecular complexity index is 569. The summed E-state index contributed by atoms with van der Waals surface area (Å²) in [6.07, 6.45) is 2.69. The molecule has 1 N–H and O–H groups in total. The van der Waals surface area contributed by atoms with Gasteiger partial charge in [-0.25, -0.2) is 18.4 Å². The summed E-state index contributed by atoms with van der Waals surface area (Å²) in [6, 6.07) is 0. The third-order valence-corrected chi connectivity index (χ3v) is 4.54. The van der Waals surface area contributed by atoms with E-state index in [-0.39, 0.29) is 0 Å². The molecule has 0 bridgehead atoms. The van der Waals surface area contributed by atoms with Gasteiger partial charge in [-0.3, -0.25) is 0 Å². The van der Waals surface area contributed by atoms with Crippen LogP contribution in [0.5, 0.6) is 5.75 Å². The molecule has 0 spiro atoms. The third kappa shape index (κ3) is 2.93. The van der Waals surface area contributed by atoms with Crippen molar-refractivity contribution in [2.45, 2.75) is 0 Å². The fourth-order valence-electron chi connectivity index (χ4n) is 2.19. The van der Waals surface area contributed by atoms with Crippen LogP contribution in [0, 0.1) is 0 Å². The van der Waals surface area contributed by atoms with Crippen LogP contribution in [-0.4, -0.2) is 69.3 Å². The van der Waals surface area contributed by atoms with Crippen LogP contribution in [0.2, 0.25) is 0 Å². The number of nitrogens with one attached hydrogen (secondary N) is 1. The van der Waals surface area contributed by atoms with Gasteiger partial charge < -0.3 is 15.0 Å². The highest BCUT2D eigenvalue weighted by molar-refractivity contribution is 7.88. The molecule has 1 saturated heterocycles. The average Bonchev–Trinajstić information content (AvgIpc) is 2.45. The Hall–Kier alpha value is -1.61. The highest BCUT2D eigenvalue weighted by atomic mass is 32.2. The first-order valence-corrected chi connectivity index (χ1v) is 8.09. The quantitative estimate of drug-likeness (QED) is 0.810. The van der Waals surface area contributed by atoms with E-state index < -0.39 is 10.0 Å². The van der Waals surface area contributed by atoms with Crippen LogP contribution in [-0.2, 0) is 10.0 Å². The van der Waals surface area contributed by atoms with Crippen molar-refractivity contribution in [2.24, 2.45) is 0 Å². The van der Waals surface area contributed by atoms with E-state index in [2.05, 4.69) is 15.3 Å². The third-order valence-electron chi connectivity index (χ3n) is 3.23.